The maximum atomic E-state index is 10.0. The van der Waals surface area contributed by atoms with Crippen LogP contribution in [0.1, 0.15) is 47.6 Å². The number of aliphatic hydroxyl groups is 1. The molecule has 0 amide bonds. The number of imidazole rings is 3. The van der Waals surface area contributed by atoms with Crippen molar-refractivity contribution in [2.75, 3.05) is 0 Å². The average molecular weight is 2380 g/mol. The molecule has 3 aliphatic rings. The molecule has 0 bridgehead atoms. The number of carbonyl (C=O) groups excluding carboxylic acids is 1. The van der Waals surface area contributed by atoms with Crippen molar-refractivity contribution >= 4 is 129 Å². The molecule has 3 aliphatic heterocycles. The Hall–Kier alpha value is -15.1. The fourth-order valence-corrected chi connectivity index (χ4v) is 20.4. The fourth-order valence-electron chi connectivity index (χ4n) is 17.9. The van der Waals surface area contributed by atoms with Gasteiger partial charge in [-0.3, -0.25) is 9.78 Å². The van der Waals surface area contributed by atoms with E-state index in [-0.39, 0.29) is 139 Å². The third-order valence-corrected chi connectivity index (χ3v) is 26.1. The number of aromatic nitrogens is 10. The number of hydrogen-bond acceptors (Lipinski definition) is 8. The summed E-state index contributed by atoms with van der Waals surface area (Å²) in [5, 5.41) is 17.7. The summed E-state index contributed by atoms with van der Waals surface area (Å²) in [6.07, 6.45) is 8.00. The molecule has 0 fully saturated rings. The Labute approximate surface area is 865 Å². The van der Waals surface area contributed by atoms with Gasteiger partial charge in [0.25, 0.3) is 11.5 Å². The zero-order valence-corrected chi connectivity index (χ0v) is 83.3. The van der Waals surface area contributed by atoms with Gasteiger partial charge < -0.3 is 24.6 Å². The molecule has 12 nitrogen and oxygen atoms in total. The topological polar surface area (TPSA) is 115 Å². The molecular weight excluding hydrogens is 2280 g/mol. The maximum Gasteiger partial charge on any atom is 0.296 e. The molecule has 0 spiro atoms. The van der Waals surface area contributed by atoms with Gasteiger partial charge in [0, 0.05) is 140 Å². The number of para-hydroxylation sites is 9. The Bertz CT molecular complexity index is 8930. The van der Waals surface area contributed by atoms with Crippen LogP contribution in [-0.4, -0.2) is 44.4 Å². The number of pyridine rings is 5. The number of benzene rings is 15. The summed E-state index contributed by atoms with van der Waals surface area (Å²) >= 11 is 3.62. The number of rotatable bonds is 7. The molecule has 0 saturated heterocycles. The van der Waals surface area contributed by atoms with E-state index in [1.165, 1.54) is 144 Å². The second-order valence-electron chi connectivity index (χ2n) is 32.2. The smallest absolute Gasteiger partial charge is 0.296 e. The van der Waals surface area contributed by atoms with Crippen molar-refractivity contribution in [1.29, 1.82) is 0 Å². The first-order valence-corrected chi connectivity index (χ1v) is 46.0. The predicted molar refractivity (Wildman–Crippen MR) is 559 cm³/mol. The SMILES string of the molecule is C.CC(=O)C=C(C)O.[2H]c1c[n+]2c(c([2H])c1[2H])-c1c([2H])c([2H])c([2H])c([2H])c1C2.[Ir].[Ir].[Ir].[c-]1ccc2c(sc3ccccc32)c1-c1ccccn1.[c-]1ccc2c(sc3ccccc32)c1-c1ccccn1.[c-]1ccccc1-c1ccccn1.[c-]1ccccc1-c1nc2ccccc2n1-c1ccccc1.c1cc2c3c(c1)c1ccccc1n1c4ccccc4[n+](c31)C2.c1ccc(-n2c3[n+](c4ccccc42)Cc2ccccc2-3)cc1. The van der Waals surface area contributed by atoms with Crippen LogP contribution in [0.2, 0.25) is 0 Å². The molecule has 0 saturated carbocycles. The number of carbonyl (C=O) groups is 1. The van der Waals surface area contributed by atoms with Crippen molar-refractivity contribution in [3.8, 4) is 79.2 Å². The molecule has 28 rings (SSSR count). The van der Waals surface area contributed by atoms with Gasteiger partial charge in [-0.15, -0.1) is 119 Å². The Morgan fingerprint density at radius 3 is 1.50 bits per heavy atom. The van der Waals surface area contributed by atoms with Crippen LogP contribution < -0.4 is 13.7 Å². The van der Waals surface area contributed by atoms with Crippen molar-refractivity contribution in [3.63, 3.8) is 0 Å². The second-order valence-corrected chi connectivity index (χ2v) is 34.4. The minimum atomic E-state index is -0.344. The molecule has 13 heterocycles. The summed E-state index contributed by atoms with van der Waals surface area (Å²) in [6, 6.07) is 141. The first-order valence-electron chi connectivity index (χ1n) is 47.8. The van der Waals surface area contributed by atoms with E-state index in [4.69, 9.17) is 19.7 Å². The molecule has 15 aromatic carbocycles. The van der Waals surface area contributed by atoms with E-state index in [1.807, 2.05) is 187 Å². The van der Waals surface area contributed by atoms with Crippen LogP contribution in [0.25, 0.3) is 180 Å². The van der Waals surface area contributed by atoms with Crippen LogP contribution in [0.3, 0.4) is 0 Å². The number of fused-ring (bicyclic) bond motifs is 21. The van der Waals surface area contributed by atoms with Crippen LogP contribution in [-0.2, 0) is 84.7 Å². The van der Waals surface area contributed by atoms with E-state index in [0.717, 1.165) is 75.0 Å². The number of thiophene rings is 2. The summed E-state index contributed by atoms with van der Waals surface area (Å²) in [6.45, 7) is 4.96. The molecule has 1 N–H and O–H groups in total. The molecule has 25 aromatic rings. The van der Waals surface area contributed by atoms with Gasteiger partial charge in [-0.2, -0.15) is 36.2 Å². The third-order valence-electron chi connectivity index (χ3n) is 23.7. The van der Waals surface area contributed by atoms with Gasteiger partial charge in [0.1, 0.15) is 24.3 Å². The number of hydrogen-bond donors (Lipinski definition) is 1. The largest absolute Gasteiger partial charge is 0.512 e. The van der Waals surface area contributed by atoms with E-state index in [0.29, 0.717) is 5.56 Å². The number of ketones is 1. The van der Waals surface area contributed by atoms with Gasteiger partial charge in [0.15, 0.2) is 40.6 Å². The molecule has 0 atom stereocenters. The Balaban J connectivity index is 0.000000115. The summed E-state index contributed by atoms with van der Waals surface area (Å²) in [5.74, 6) is 2.14. The third kappa shape index (κ3) is 19.7. The normalized spacial score (nSPS) is 12.0. The molecule has 139 heavy (non-hydrogen) atoms. The fraction of sp³-hybridized carbons (Fsp3) is 0.0492. The minimum Gasteiger partial charge on any atom is -0.512 e. The molecule has 0 unspecified atom stereocenters. The first kappa shape index (κ1) is 86.7. The van der Waals surface area contributed by atoms with Gasteiger partial charge in [-0.05, 0) is 166 Å². The molecule has 681 valence electrons. The molecular formula is C122H91Ir3N10O2S2-. The van der Waals surface area contributed by atoms with E-state index in [2.05, 4.69) is 286 Å². The molecule has 3 radical (unpaired) electrons. The van der Waals surface area contributed by atoms with Crippen LogP contribution in [0.4, 0.5) is 0 Å². The van der Waals surface area contributed by atoms with E-state index in [9.17, 15) is 4.79 Å². The van der Waals surface area contributed by atoms with Crippen molar-refractivity contribution < 1.29 is 93.5 Å². The number of nitrogens with zero attached hydrogens (tertiary/aromatic N) is 10. The van der Waals surface area contributed by atoms with Crippen LogP contribution in [0.5, 0.6) is 0 Å². The van der Waals surface area contributed by atoms with Gasteiger partial charge >= 0.3 is 0 Å². The number of allylic oxidation sites excluding steroid dienone is 2. The zero-order chi connectivity index (χ0) is 97.0. The Morgan fingerprint density at radius 2 is 0.899 bits per heavy atom. The van der Waals surface area contributed by atoms with E-state index in [1.54, 1.807) is 10.8 Å². The van der Waals surface area contributed by atoms with E-state index >= 15 is 0 Å². The minimum absolute atomic E-state index is 0. The van der Waals surface area contributed by atoms with Crippen molar-refractivity contribution in [1.82, 2.24) is 33.5 Å². The Kier molecular flexibility index (Phi) is 27.4. The standard InChI is InChI=1S/C20H13N2.C20H15N2.C19H13N2.2C17H10NS.C12H10N.C11H8N.C5H8O2.CH4.3Ir/c1-2-9-16-14(7-1)15-8-5-6-13-12-21-17-10-3-4-11-18(17)22(16)20(21)19(13)15;1-2-9-16(10-3-1)22-19-13-7-6-12-18(19)21-14-15-8-4-5-11-17(15)20(21)22;1-3-9-15(10-4-1)19-20-17-13-7-8-14-18(17)21(19)16-11-5-2-6-12-16;2*1-2-10-16-12(6-1)13-7-5-8-14(17(13)19-16)15-9-3-4-11-18-15;1-2-6-11-10(5-1)9-13-8-4-3-7-12(11)13;1-2-6-10(7-3-1)11-8-4-5-9-12-11;1-4(6)3-5(2)7;;;;/h1-11H,12H2;1-13H,14H2;1-9,11-14H;2*1-7,9-11H;1-8H,9H2;1-6,8-9H;3,6H,1-2H3;1H4;;;/q2*+1;3*-1;+1;-1;;;;;/i;;;;;1D,2D,3D,4D,5D,6D,7D;;;;;;. The maximum absolute atomic E-state index is 10.0. The van der Waals surface area contributed by atoms with Gasteiger partial charge in [-0.25, -0.2) is 9.13 Å². The zero-order valence-electron chi connectivity index (χ0n) is 81.4. The second kappa shape index (κ2) is 43.9. The quantitative estimate of drug-likeness (QED) is 0.0559. The van der Waals surface area contributed by atoms with Crippen LogP contribution in [0, 0.1) is 24.3 Å². The molecule has 0 aliphatic carbocycles. The number of aliphatic hydroxyl groups excluding tert-OH is 1. The first-order chi connectivity index (χ1) is 69.6. The van der Waals surface area contributed by atoms with Crippen LogP contribution >= 0.6 is 22.7 Å². The van der Waals surface area contributed by atoms with Crippen molar-refractivity contribution in [2.24, 2.45) is 0 Å². The van der Waals surface area contributed by atoms with Crippen molar-refractivity contribution in [3.05, 3.63) is 496 Å². The van der Waals surface area contributed by atoms with E-state index < -0.39 is 0 Å². The van der Waals surface area contributed by atoms with Crippen molar-refractivity contribution in [2.45, 2.75) is 40.9 Å². The summed E-state index contributed by atoms with van der Waals surface area (Å²) in [5.41, 5.74) is 24.5. The monoisotopic (exact) mass is 2380 g/mol. The summed E-state index contributed by atoms with van der Waals surface area (Å²) < 4.78 is 73.1. The van der Waals surface area contributed by atoms with Crippen LogP contribution in [0.15, 0.2) is 455 Å². The molecule has 17 heteroatoms. The Morgan fingerprint density at radius 1 is 0.403 bits per heavy atom. The van der Waals surface area contributed by atoms with Gasteiger partial charge in [0.2, 0.25) is 5.69 Å². The average Bonchev–Trinajstić information content (AvgIpc) is 1.53. The molecule has 10 aromatic heterocycles. The van der Waals surface area contributed by atoms with Gasteiger partial charge in [-0.1, -0.05) is 237 Å². The summed E-state index contributed by atoms with van der Waals surface area (Å²) in [7, 11) is 0. The predicted octanol–water partition coefficient (Wildman–Crippen LogP) is 28.5. The summed E-state index contributed by atoms with van der Waals surface area (Å²) in [4.78, 5) is 27.9. The van der Waals surface area contributed by atoms with Gasteiger partial charge in [0.05, 0.1) is 48.7 Å².